The molecule has 0 saturated carbocycles. The molecule has 0 aliphatic rings. The summed E-state index contributed by atoms with van der Waals surface area (Å²) in [6.07, 6.45) is 5.84. The third-order valence-corrected chi connectivity index (χ3v) is 5.76. The summed E-state index contributed by atoms with van der Waals surface area (Å²) in [7, 11) is 0. The fourth-order valence-electron chi connectivity index (χ4n) is 3.03. The quantitative estimate of drug-likeness (QED) is 0.211. The number of likely N-dealkylation sites (N-methyl/N-ethyl adjacent to an activating group) is 1. The highest BCUT2D eigenvalue weighted by Crippen LogP contribution is 2.28. The molecule has 1 amide bonds. The fraction of sp³-hybridized carbons (Fsp3) is 0.240. The zero-order valence-electron chi connectivity index (χ0n) is 17.8. The molecular formula is C25H26N4OS. The molecule has 1 aromatic heterocycles. The summed E-state index contributed by atoms with van der Waals surface area (Å²) < 4.78 is 1.78. The third kappa shape index (κ3) is 5.87. The van der Waals surface area contributed by atoms with Gasteiger partial charge in [-0.05, 0) is 49.4 Å². The largest absolute Gasteiger partial charge is 0.352 e. The number of nitrogens with one attached hydrogen (secondary N) is 1. The number of rotatable bonds is 9. The third-order valence-electron chi connectivity index (χ3n) is 4.66. The van der Waals surface area contributed by atoms with Crippen molar-refractivity contribution in [1.29, 1.82) is 5.26 Å². The number of carbonyl (C=O) groups excluding carboxylic acids is 1. The van der Waals surface area contributed by atoms with Gasteiger partial charge >= 0.3 is 0 Å². The van der Waals surface area contributed by atoms with Gasteiger partial charge in [-0.15, -0.1) is 11.8 Å². The zero-order valence-corrected chi connectivity index (χ0v) is 18.7. The predicted octanol–water partition coefficient (Wildman–Crippen LogP) is 5.47. The average molecular weight is 431 g/mol. The highest BCUT2D eigenvalue weighted by molar-refractivity contribution is 7.99. The lowest BCUT2D eigenvalue weighted by Gasteiger charge is -2.04. The zero-order chi connectivity index (χ0) is 22.1. The van der Waals surface area contributed by atoms with Crippen molar-refractivity contribution >= 4 is 23.7 Å². The van der Waals surface area contributed by atoms with E-state index in [1.807, 2.05) is 73.4 Å². The van der Waals surface area contributed by atoms with Crippen molar-refractivity contribution in [2.75, 3.05) is 12.3 Å². The van der Waals surface area contributed by atoms with Crippen molar-refractivity contribution < 1.29 is 4.79 Å². The number of thioether (sulfide) groups is 1. The van der Waals surface area contributed by atoms with Crippen LogP contribution in [0.5, 0.6) is 0 Å². The molecule has 158 valence electrons. The van der Waals surface area contributed by atoms with Gasteiger partial charge in [0.1, 0.15) is 11.6 Å². The average Bonchev–Trinajstić information content (AvgIpc) is 3.23. The molecule has 0 fully saturated rings. The molecule has 0 saturated heterocycles. The van der Waals surface area contributed by atoms with E-state index in [9.17, 15) is 10.1 Å². The smallest absolute Gasteiger partial charge is 0.261 e. The van der Waals surface area contributed by atoms with E-state index in [4.69, 9.17) is 5.10 Å². The van der Waals surface area contributed by atoms with Gasteiger partial charge in [0.15, 0.2) is 0 Å². The molecule has 3 rings (SSSR count). The number of benzene rings is 2. The van der Waals surface area contributed by atoms with E-state index in [-0.39, 0.29) is 11.5 Å². The van der Waals surface area contributed by atoms with Crippen LogP contribution in [0.1, 0.15) is 32.3 Å². The maximum atomic E-state index is 12.2. The van der Waals surface area contributed by atoms with Gasteiger partial charge < -0.3 is 5.32 Å². The lowest BCUT2D eigenvalue weighted by Crippen LogP contribution is -2.23. The van der Waals surface area contributed by atoms with E-state index in [2.05, 4.69) is 24.4 Å². The van der Waals surface area contributed by atoms with Gasteiger partial charge in [-0.25, -0.2) is 4.68 Å². The lowest BCUT2D eigenvalue weighted by atomic mass is 10.1. The summed E-state index contributed by atoms with van der Waals surface area (Å²) in [6.45, 7) is 4.48. The van der Waals surface area contributed by atoms with Crippen molar-refractivity contribution in [2.45, 2.75) is 31.6 Å². The van der Waals surface area contributed by atoms with Crippen molar-refractivity contribution in [3.63, 3.8) is 0 Å². The van der Waals surface area contributed by atoms with E-state index in [0.717, 1.165) is 28.3 Å². The summed E-state index contributed by atoms with van der Waals surface area (Å²) in [5.41, 5.74) is 3.35. The summed E-state index contributed by atoms with van der Waals surface area (Å²) >= 11 is 1.85. The van der Waals surface area contributed by atoms with E-state index in [0.29, 0.717) is 6.54 Å². The normalized spacial score (nSPS) is 11.2. The van der Waals surface area contributed by atoms with Gasteiger partial charge in [0.05, 0.1) is 11.4 Å². The first-order valence-electron chi connectivity index (χ1n) is 10.4. The molecule has 1 heterocycles. The van der Waals surface area contributed by atoms with Crippen LogP contribution in [0.25, 0.3) is 23.0 Å². The van der Waals surface area contributed by atoms with Crippen molar-refractivity contribution in [1.82, 2.24) is 15.1 Å². The Labute approximate surface area is 187 Å². The highest BCUT2D eigenvalue weighted by atomic mass is 32.2. The van der Waals surface area contributed by atoms with Crippen LogP contribution in [0.2, 0.25) is 0 Å². The molecule has 6 heteroatoms. The van der Waals surface area contributed by atoms with Crippen molar-refractivity contribution in [2.24, 2.45) is 0 Å². The maximum absolute atomic E-state index is 12.2. The van der Waals surface area contributed by atoms with E-state index in [1.54, 1.807) is 10.8 Å². The van der Waals surface area contributed by atoms with Crippen LogP contribution in [0, 0.1) is 11.3 Å². The van der Waals surface area contributed by atoms with Crippen LogP contribution in [0.4, 0.5) is 0 Å². The Bertz CT molecular complexity index is 1080. The molecule has 5 nitrogen and oxygen atoms in total. The first-order valence-corrected chi connectivity index (χ1v) is 11.4. The van der Waals surface area contributed by atoms with Crippen molar-refractivity contribution in [3.05, 3.63) is 71.9 Å². The summed E-state index contributed by atoms with van der Waals surface area (Å²) in [6, 6.07) is 20.1. The minimum atomic E-state index is -0.383. The van der Waals surface area contributed by atoms with E-state index >= 15 is 0 Å². The molecule has 0 aliphatic heterocycles. The topological polar surface area (TPSA) is 70.7 Å². The number of hydrogen-bond donors (Lipinski definition) is 1. The van der Waals surface area contributed by atoms with Crippen LogP contribution in [0.15, 0.2) is 71.3 Å². The number of para-hydroxylation sites is 1. The Morgan fingerprint density at radius 2 is 1.90 bits per heavy atom. The van der Waals surface area contributed by atoms with E-state index < -0.39 is 0 Å². The molecule has 0 radical (unpaired) electrons. The molecule has 1 N–H and O–H groups in total. The molecule has 31 heavy (non-hydrogen) atoms. The first-order chi connectivity index (χ1) is 15.2. The van der Waals surface area contributed by atoms with Gasteiger partial charge in [0.25, 0.3) is 5.91 Å². The standard InChI is InChI=1S/C25H26N4OS/c1-3-5-15-31-23-13-11-19(12-14-23)24-21(16-20(17-26)25(30)27-4-2)18-29(28-24)22-9-7-6-8-10-22/h6-14,16,18H,3-5,15H2,1-2H3,(H,27,30). The Hall–Kier alpha value is -3.30. The summed E-state index contributed by atoms with van der Waals surface area (Å²) in [4.78, 5) is 13.5. The molecule has 0 spiro atoms. The lowest BCUT2D eigenvalue weighted by molar-refractivity contribution is -0.116. The first kappa shape index (κ1) is 22.4. The number of nitrogens with zero attached hydrogens (tertiary/aromatic N) is 3. The molecule has 0 bridgehead atoms. The van der Waals surface area contributed by atoms with Gasteiger partial charge in [-0.3, -0.25) is 4.79 Å². The van der Waals surface area contributed by atoms with Crippen LogP contribution < -0.4 is 5.32 Å². The minimum Gasteiger partial charge on any atom is -0.352 e. The number of amides is 1. The molecule has 0 aliphatic carbocycles. The maximum Gasteiger partial charge on any atom is 0.261 e. The van der Waals surface area contributed by atoms with Gasteiger partial charge in [0.2, 0.25) is 0 Å². The Morgan fingerprint density at radius 1 is 1.16 bits per heavy atom. The van der Waals surface area contributed by atoms with Crippen LogP contribution in [0.3, 0.4) is 0 Å². The molecule has 2 aromatic carbocycles. The highest BCUT2D eigenvalue weighted by Gasteiger charge is 2.15. The number of hydrogen-bond acceptors (Lipinski definition) is 4. The second-order valence-corrected chi connectivity index (χ2v) is 8.14. The van der Waals surface area contributed by atoms with Crippen LogP contribution in [-0.2, 0) is 4.79 Å². The van der Waals surface area contributed by atoms with Crippen molar-refractivity contribution in [3.8, 4) is 23.0 Å². The second-order valence-electron chi connectivity index (χ2n) is 6.97. The Balaban J connectivity index is 2.01. The Kier molecular flexibility index (Phi) is 8.08. The van der Waals surface area contributed by atoms with Gasteiger partial charge in [-0.2, -0.15) is 10.4 Å². The summed E-state index contributed by atoms with van der Waals surface area (Å²) in [5.74, 6) is 0.718. The number of carbonyl (C=O) groups is 1. The Morgan fingerprint density at radius 3 is 2.55 bits per heavy atom. The number of aromatic nitrogens is 2. The molecule has 0 atom stereocenters. The van der Waals surface area contributed by atoms with Crippen LogP contribution >= 0.6 is 11.8 Å². The minimum absolute atomic E-state index is 0.0578. The van der Waals surface area contributed by atoms with Gasteiger partial charge in [-0.1, -0.05) is 43.7 Å². The number of nitriles is 1. The fourth-order valence-corrected chi connectivity index (χ4v) is 4.03. The van der Waals surface area contributed by atoms with Crippen LogP contribution in [-0.4, -0.2) is 28.0 Å². The molecule has 0 unspecified atom stereocenters. The van der Waals surface area contributed by atoms with Gasteiger partial charge in [0, 0.05) is 28.8 Å². The molecular weight excluding hydrogens is 404 g/mol. The number of unbranched alkanes of at least 4 members (excludes halogenated alkanes) is 1. The summed E-state index contributed by atoms with van der Waals surface area (Å²) in [5, 5.41) is 17.0. The SMILES string of the molecule is CCCCSc1ccc(-c2nn(-c3ccccc3)cc2C=C(C#N)C(=O)NCC)cc1. The predicted molar refractivity (Wildman–Crippen MR) is 127 cm³/mol. The second kappa shape index (κ2) is 11.2. The monoisotopic (exact) mass is 430 g/mol. The molecule has 3 aromatic rings. The van der Waals surface area contributed by atoms with E-state index in [1.165, 1.54) is 17.7 Å².